The SMILES string of the molecule is Cc1ccc(S(=O)(=O)[O-])cc1.Cc1cccnc1-n1c(C)cc(/C=C/c2ccc3cc(N(C)C)ccc3[n+]2C)c1C. The number of rotatable bonds is 5. The van der Waals surface area contributed by atoms with Crippen molar-refractivity contribution in [2.24, 2.45) is 7.05 Å². The fraction of sp³-hybridized carbons (Fsp3) is 0.212. The van der Waals surface area contributed by atoms with Crippen LogP contribution in [0.15, 0.2) is 83.9 Å². The van der Waals surface area contributed by atoms with Gasteiger partial charge >= 0.3 is 0 Å². The van der Waals surface area contributed by atoms with E-state index < -0.39 is 10.1 Å². The summed E-state index contributed by atoms with van der Waals surface area (Å²) in [6.07, 6.45) is 6.25. The zero-order valence-electron chi connectivity index (χ0n) is 24.6. The summed E-state index contributed by atoms with van der Waals surface area (Å²) in [4.78, 5) is 6.55. The van der Waals surface area contributed by atoms with Crippen LogP contribution in [0.3, 0.4) is 0 Å². The molecule has 3 aromatic heterocycles. The third-order valence-electron chi connectivity index (χ3n) is 7.12. The van der Waals surface area contributed by atoms with Gasteiger partial charge in [-0.05, 0) is 87.4 Å². The Hall–Kier alpha value is -4.27. The first-order valence-corrected chi connectivity index (χ1v) is 14.7. The van der Waals surface area contributed by atoms with E-state index in [2.05, 4.69) is 116 Å². The highest BCUT2D eigenvalue weighted by atomic mass is 32.2. The van der Waals surface area contributed by atoms with Crippen molar-refractivity contribution < 1.29 is 17.5 Å². The average molecular weight is 569 g/mol. The lowest BCUT2D eigenvalue weighted by Gasteiger charge is -2.12. The van der Waals surface area contributed by atoms with Gasteiger partial charge in [0.1, 0.15) is 23.0 Å². The van der Waals surface area contributed by atoms with E-state index in [1.807, 2.05) is 19.2 Å². The zero-order valence-corrected chi connectivity index (χ0v) is 25.4. The van der Waals surface area contributed by atoms with Gasteiger partial charge in [0.2, 0.25) is 11.2 Å². The van der Waals surface area contributed by atoms with Crippen LogP contribution in [0.25, 0.3) is 28.9 Å². The summed E-state index contributed by atoms with van der Waals surface area (Å²) in [5, 5.41) is 1.24. The molecule has 0 bridgehead atoms. The molecule has 0 fully saturated rings. The van der Waals surface area contributed by atoms with Gasteiger partial charge in [-0.15, -0.1) is 0 Å². The number of aromatic nitrogens is 3. The number of hydrogen-bond donors (Lipinski definition) is 0. The standard InChI is InChI=1S/C26H29N4.C7H8O3S/c1-18-8-7-15-27-26(18)30-19(2)16-21(20(30)3)9-11-23-12-10-22-17-24(28(4)5)13-14-25(22)29(23)6;1-6-2-4-7(5-3-6)11(8,9)10/h7-17H,1-6H3;2-5H,1H3,(H,8,9,10)/q+1;/p-1. The second-order valence-corrected chi connectivity index (χ2v) is 11.7. The van der Waals surface area contributed by atoms with Crippen molar-refractivity contribution in [1.82, 2.24) is 9.55 Å². The number of pyridine rings is 2. The van der Waals surface area contributed by atoms with Crippen molar-refractivity contribution in [3.05, 3.63) is 113 Å². The summed E-state index contributed by atoms with van der Waals surface area (Å²) < 4.78 is 35.6. The highest BCUT2D eigenvalue weighted by Crippen LogP contribution is 2.24. The molecule has 0 aliphatic carbocycles. The maximum absolute atomic E-state index is 10.4. The van der Waals surface area contributed by atoms with Gasteiger partial charge in [0.15, 0.2) is 0 Å². The summed E-state index contributed by atoms with van der Waals surface area (Å²) in [5.74, 6) is 1.00. The number of anilines is 1. The molecule has 3 heterocycles. The van der Waals surface area contributed by atoms with Crippen molar-refractivity contribution >= 4 is 38.9 Å². The lowest BCUT2D eigenvalue weighted by Crippen LogP contribution is -2.32. The van der Waals surface area contributed by atoms with Crippen LogP contribution < -0.4 is 9.47 Å². The molecule has 0 unspecified atom stereocenters. The Balaban J connectivity index is 0.000000296. The van der Waals surface area contributed by atoms with Gasteiger partial charge in [0.25, 0.3) is 0 Å². The summed E-state index contributed by atoms with van der Waals surface area (Å²) in [6.45, 7) is 8.22. The topological polar surface area (TPSA) is 82.1 Å². The maximum Gasteiger partial charge on any atom is 0.212 e. The molecular formula is C33H36N4O3S. The molecule has 0 radical (unpaired) electrons. The number of fused-ring (bicyclic) bond motifs is 1. The monoisotopic (exact) mass is 568 g/mol. The van der Waals surface area contributed by atoms with Crippen LogP contribution in [-0.4, -0.2) is 36.6 Å². The van der Waals surface area contributed by atoms with Crippen molar-refractivity contribution in [2.45, 2.75) is 32.6 Å². The van der Waals surface area contributed by atoms with E-state index in [1.165, 1.54) is 56.9 Å². The van der Waals surface area contributed by atoms with Crippen LogP contribution in [0.1, 0.15) is 33.8 Å². The molecule has 212 valence electrons. The Bertz CT molecular complexity index is 1840. The van der Waals surface area contributed by atoms with E-state index >= 15 is 0 Å². The Morgan fingerprint density at radius 3 is 2.24 bits per heavy atom. The fourth-order valence-corrected chi connectivity index (χ4v) is 5.20. The minimum absolute atomic E-state index is 0.178. The van der Waals surface area contributed by atoms with Crippen LogP contribution in [0.2, 0.25) is 0 Å². The Morgan fingerprint density at radius 1 is 0.902 bits per heavy atom. The van der Waals surface area contributed by atoms with Crippen LogP contribution in [0.4, 0.5) is 5.69 Å². The molecule has 5 rings (SSSR count). The molecular weight excluding hydrogens is 532 g/mol. The summed E-state index contributed by atoms with van der Waals surface area (Å²) in [5.41, 5.74) is 9.29. The second kappa shape index (κ2) is 12.1. The summed E-state index contributed by atoms with van der Waals surface area (Å²) in [7, 11) is 1.99. The molecule has 0 saturated carbocycles. The summed E-state index contributed by atoms with van der Waals surface area (Å²) in [6, 6.07) is 23.1. The average Bonchev–Trinajstić information content (AvgIpc) is 3.21. The van der Waals surface area contributed by atoms with E-state index in [4.69, 9.17) is 0 Å². The summed E-state index contributed by atoms with van der Waals surface area (Å²) >= 11 is 0. The highest BCUT2D eigenvalue weighted by Gasteiger charge is 2.14. The van der Waals surface area contributed by atoms with Gasteiger partial charge in [-0.2, -0.15) is 4.57 Å². The van der Waals surface area contributed by atoms with E-state index in [0.29, 0.717) is 0 Å². The maximum atomic E-state index is 10.4. The number of aryl methyl sites for hydroxylation is 4. The second-order valence-electron chi connectivity index (χ2n) is 10.4. The van der Waals surface area contributed by atoms with Crippen LogP contribution in [0.5, 0.6) is 0 Å². The minimum Gasteiger partial charge on any atom is -0.744 e. The molecule has 0 atom stereocenters. The lowest BCUT2D eigenvalue weighted by atomic mass is 10.1. The third kappa shape index (κ3) is 6.73. The van der Waals surface area contributed by atoms with Gasteiger partial charge in [-0.25, -0.2) is 13.4 Å². The van der Waals surface area contributed by atoms with Crippen LogP contribution in [0, 0.1) is 27.7 Å². The van der Waals surface area contributed by atoms with Crippen molar-refractivity contribution in [3.8, 4) is 5.82 Å². The molecule has 0 amide bonds. The minimum atomic E-state index is -4.27. The molecule has 8 heteroatoms. The molecule has 0 N–H and O–H groups in total. The van der Waals surface area contributed by atoms with Gasteiger partial charge in [0.05, 0.1) is 4.90 Å². The van der Waals surface area contributed by atoms with E-state index in [0.717, 1.165) is 11.4 Å². The first kappa shape index (κ1) is 29.7. The van der Waals surface area contributed by atoms with Crippen LogP contribution >= 0.6 is 0 Å². The molecule has 2 aromatic carbocycles. The molecule has 0 spiro atoms. The van der Waals surface area contributed by atoms with Gasteiger partial charge < -0.3 is 14.0 Å². The molecule has 0 aliphatic rings. The Labute approximate surface area is 242 Å². The number of nitrogens with zero attached hydrogens (tertiary/aromatic N) is 4. The molecule has 0 saturated heterocycles. The predicted molar refractivity (Wildman–Crippen MR) is 165 cm³/mol. The predicted octanol–water partition coefficient (Wildman–Crippen LogP) is 5.91. The van der Waals surface area contributed by atoms with Gasteiger partial charge in [0, 0.05) is 61.0 Å². The molecule has 41 heavy (non-hydrogen) atoms. The Kier molecular flexibility index (Phi) is 8.75. The van der Waals surface area contributed by atoms with Gasteiger partial charge in [-0.3, -0.25) is 0 Å². The fourth-order valence-electron chi connectivity index (χ4n) is 4.73. The lowest BCUT2D eigenvalue weighted by molar-refractivity contribution is -0.646. The molecule has 7 nitrogen and oxygen atoms in total. The normalized spacial score (nSPS) is 11.5. The van der Waals surface area contributed by atoms with E-state index in [1.54, 1.807) is 12.1 Å². The van der Waals surface area contributed by atoms with E-state index in [9.17, 15) is 13.0 Å². The first-order valence-electron chi connectivity index (χ1n) is 13.3. The van der Waals surface area contributed by atoms with E-state index in [-0.39, 0.29) is 4.90 Å². The largest absolute Gasteiger partial charge is 0.744 e. The van der Waals surface area contributed by atoms with Crippen molar-refractivity contribution in [1.29, 1.82) is 0 Å². The molecule has 5 aromatic rings. The number of hydrogen-bond acceptors (Lipinski definition) is 5. The third-order valence-corrected chi connectivity index (χ3v) is 7.97. The smallest absolute Gasteiger partial charge is 0.212 e. The van der Waals surface area contributed by atoms with Crippen molar-refractivity contribution in [2.75, 3.05) is 19.0 Å². The Morgan fingerprint density at radius 2 is 1.61 bits per heavy atom. The van der Waals surface area contributed by atoms with Gasteiger partial charge in [-0.1, -0.05) is 23.8 Å². The van der Waals surface area contributed by atoms with Crippen LogP contribution in [-0.2, 0) is 17.2 Å². The molecule has 0 aliphatic heterocycles. The highest BCUT2D eigenvalue weighted by molar-refractivity contribution is 7.85. The van der Waals surface area contributed by atoms with Crippen molar-refractivity contribution in [3.63, 3.8) is 0 Å². The zero-order chi connectivity index (χ0) is 29.9. The quantitative estimate of drug-likeness (QED) is 0.194. The number of benzene rings is 2. The first-order chi connectivity index (χ1) is 19.4.